The number of carbonyl (C=O) groups excluding carboxylic acids is 1. The highest BCUT2D eigenvalue weighted by atomic mass is 16.1. The van der Waals surface area contributed by atoms with E-state index in [2.05, 4.69) is 19.2 Å². The first-order valence-corrected chi connectivity index (χ1v) is 5.37. The van der Waals surface area contributed by atoms with Gasteiger partial charge in [0.05, 0.1) is 6.07 Å². The normalized spacial score (nSPS) is 9.88. The third-order valence-electron chi connectivity index (χ3n) is 2.09. The minimum Gasteiger partial charge on any atom is -0.325 e. The zero-order valence-corrected chi connectivity index (χ0v) is 9.66. The fourth-order valence-electron chi connectivity index (χ4n) is 1.52. The SMILES string of the molecule is CC(C)Cc1cccc(NC(=O)CC#N)c1. The first-order valence-electron chi connectivity index (χ1n) is 5.37. The van der Waals surface area contributed by atoms with Gasteiger partial charge in [-0.2, -0.15) is 5.26 Å². The number of rotatable bonds is 4. The van der Waals surface area contributed by atoms with Gasteiger partial charge in [-0.05, 0) is 30.0 Å². The van der Waals surface area contributed by atoms with Crippen molar-refractivity contribution in [2.24, 2.45) is 5.92 Å². The van der Waals surface area contributed by atoms with Crippen molar-refractivity contribution in [3.63, 3.8) is 0 Å². The van der Waals surface area contributed by atoms with Gasteiger partial charge in [-0.15, -0.1) is 0 Å². The van der Waals surface area contributed by atoms with E-state index in [1.807, 2.05) is 30.3 Å². The summed E-state index contributed by atoms with van der Waals surface area (Å²) in [5, 5.41) is 11.1. The van der Waals surface area contributed by atoms with Gasteiger partial charge in [0.15, 0.2) is 0 Å². The Kier molecular flexibility index (Phi) is 4.53. The van der Waals surface area contributed by atoms with Crippen LogP contribution in [0.3, 0.4) is 0 Å². The Labute approximate surface area is 96.1 Å². The minimum absolute atomic E-state index is 0.103. The molecule has 0 aliphatic rings. The molecular formula is C13H16N2O. The van der Waals surface area contributed by atoms with Crippen molar-refractivity contribution in [1.29, 1.82) is 5.26 Å². The van der Waals surface area contributed by atoms with E-state index in [0.29, 0.717) is 5.92 Å². The summed E-state index contributed by atoms with van der Waals surface area (Å²) in [5.41, 5.74) is 1.96. The molecule has 3 heteroatoms. The lowest BCUT2D eigenvalue weighted by molar-refractivity contribution is -0.115. The predicted octanol–water partition coefficient (Wildman–Crippen LogP) is 2.74. The molecule has 16 heavy (non-hydrogen) atoms. The zero-order valence-electron chi connectivity index (χ0n) is 9.66. The summed E-state index contributed by atoms with van der Waals surface area (Å²) in [5.74, 6) is 0.328. The van der Waals surface area contributed by atoms with E-state index in [0.717, 1.165) is 12.1 Å². The summed E-state index contributed by atoms with van der Waals surface area (Å²) in [7, 11) is 0. The third-order valence-corrected chi connectivity index (χ3v) is 2.09. The largest absolute Gasteiger partial charge is 0.325 e. The van der Waals surface area contributed by atoms with Crippen molar-refractivity contribution in [2.45, 2.75) is 26.7 Å². The van der Waals surface area contributed by atoms with E-state index < -0.39 is 0 Å². The highest BCUT2D eigenvalue weighted by Crippen LogP contribution is 2.14. The second-order valence-electron chi connectivity index (χ2n) is 4.18. The first kappa shape index (κ1) is 12.3. The standard InChI is InChI=1S/C13H16N2O/c1-10(2)8-11-4-3-5-12(9-11)15-13(16)6-7-14/h3-5,9-10H,6,8H2,1-2H3,(H,15,16). The maximum Gasteiger partial charge on any atom is 0.238 e. The summed E-state index contributed by atoms with van der Waals surface area (Å²) in [4.78, 5) is 11.2. The van der Waals surface area contributed by atoms with Crippen LogP contribution in [0.2, 0.25) is 0 Å². The van der Waals surface area contributed by atoms with Gasteiger partial charge in [-0.3, -0.25) is 4.79 Å². The predicted molar refractivity (Wildman–Crippen MR) is 63.8 cm³/mol. The smallest absolute Gasteiger partial charge is 0.238 e. The molecule has 0 heterocycles. The van der Waals surface area contributed by atoms with Crippen LogP contribution in [0.1, 0.15) is 25.8 Å². The van der Waals surface area contributed by atoms with Crippen molar-refractivity contribution in [3.05, 3.63) is 29.8 Å². The van der Waals surface area contributed by atoms with Crippen LogP contribution in [0.25, 0.3) is 0 Å². The molecule has 0 fully saturated rings. The highest BCUT2D eigenvalue weighted by Gasteiger charge is 2.03. The molecule has 1 aromatic carbocycles. The third kappa shape index (κ3) is 4.14. The summed E-state index contributed by atoms with van der Waals surface area (Å²) in [6.45, 7) is 4.31. The lowest BCUT2D eigenvalue weighted by atomic mass is 10.0. The van der Waals surface area contributed by atoms with Crippen LogP contribution < -0.4 is 5.32 Å². The van der Waals surface area contributed by atoms with Crippen LogP contribution in [0.5, 0.6) is 0 Å². The Balaban J connectivity index is 2.68. The molecule has 84 valence electrons. The summed E-state index contributed by atoms with van der Waals surface area (Å²) in [6.07, 6.45) is 0.885. The van der Waals surface area contributed by atoms with Gasteiger partial charge < -0.3 is 5.32 Å². The average molecular weight is 216 g/mol. The fourth-order valence-corrected chi connectivity index (χ4v) is 1.52. The van der Waals surface area contributed by atoms with E-state index >= 15 is 0 Å². The van der Waals surface area contributed by atoms with E-state index in [1.54, 1.807) is 0 Å². The topological polar surface area (TPSA) is 52.9 Å². The summed E-state index contributed by atoms with van der Waals surface area (Å²) in [6, 6.07) is 9.57. The van der Waals surface area contributed by atoms with Gasteiger partial charge in [0.2, 0.25) is 5.91 Å². The fraction of sp³-hybridized carbons (Fsp3) is 0.385. The molecule has 0 unspecified atom stereocenters. The number of benzene rings is 1. The second kappa shape index (κ2) is 5.92. The second-order valence-corrected chi connectivity index (χ2v) is 4.18. The molecule has 0 atom stereocenters. The van der Waals surface area contributed by atoms with Gasteiger partial charge in [-0.1, -0.05) is 26.0 Å². The molecule has 0 bridgehead atoms. The monoisotopic (exact) mass is 216 g/mol. The minimum atomic E-state index is -0.260. The van der Waals surface area contributed by atoms with Crippen molar-refractivity contribution in [1.82, 2.24) is 0 Å². The lowest BCUT2D eigenvalue weighted by Gasteiger charge is -2.07. The average Bonchev–Trinajstić information content (AvgIpc) is 2.17. The number of carbonyl (C=O) groups is 1. The van der Waals surface area contributed by atoms with Gasteiger partial charge >= 0.3 is 0 Å². The number of nitriles is 1. The molecule has 0 radical (unpaired) electrons. The highest BCUT2D eigenvalue weighted by molar-refractivity contribution is 5.92. The summed E-state index contributed by atoms with van der Waals surface area (Å²) < 4.78 is 0. The lowest BCUT2D eigenvalue weighted by Crippen LogP contribution is -2.10. The number of nitrogens with zero attached hydrogens (tertiary/aromatic N) is 1. The Morgan fingerprint density at radius 2 is 2.25 bits per heavy atom. The Hall–Kier alpha value is -1.82. The molecule has 1 aromatic rings. The number of amides is 1. The molecule has 0 aliphatic carbocycles. The van der Waals surface area contributed by atoms with E-state index in [9.17, 15) is 4.79 Å². The van der Waals surface area contributed by atoms with E-state index in [1.165, 1.54) is 5.56 Å². The molecule has 0 aliphatic heterocycles. The quantitative estimate of drug-likeness (QED) is 0.841. The zero-order chi connectivity index (χ0) is 12.0. The molecule has 0 spiro atoms. The molecule has 0 saturated carbocycles. The molecular weight excluding hydrogens is 200 g/mol. The summed E-state index contributed by atoms with van der Waals surface area (Å²) >= 11 is 0. The van der Waals surface area contributed by atoms with Crippen LogP contribution in [0.4, 0.5) is 5.69 Å². The molecule has 3 nitrogen and oxygen atoms in total. The van der Waals surface area contributed by atoms with Crippen molar-refractivity contribution < 1.29 is 4.79 Å². The van der Waals surface area contributed by atoms with Crippen molar-refractivity contribution in [2.75, 3.05) is 5.32 Å². The number of hydrogen-bond acceptors (Lipinski definition) is 2. The Bertz CT molecular complexity index is 405. The molecule has 1 rings (SSSR count). The number of hydrogen-bond donors (Lipinski definition) is 1. The molecule has 1 amide bonds. The molecule has 0 saturated heterocycles. The Morgan fingerprint density at radius 3 is 2.88 bits per heavy atom. The maximum atomic E-state index is 11.2. The van der Waals surface area contributed by atoms with Crippen LogP contribution in [-0.4, -0.2) is 5.91 Å². The van der Waals surface area contributed by atoms with Crippen LogP contribution >= 0.6 is 0 Å². The number of nitrogens with one attached hydrogen (secondary N) is 1. The van der Waals surface area contributed by atoms with Gasteiger partial charge in [0.1, 0.15) is 6.42 Å². The molecule has 1 N–H and O–H groups in total. The van der Waals surface area contributed by atoms with Gasteiger partial charge in [-0.25, -0.2) is 0 Å². The van der Waals surface area contributed by atoms with Crippen molar-refractivity contribution in [3.8, 4) is 6.07 Å². The van der Waals surface area contributed by atoms with Crippen LogP contribution in [0, 0.1) is 17.2 Å². The maximum absolute atomic E-state index is 11.2. The van der Waals surface area contributed by atoms with Gasteiger partial charge in [0.25, 0.3) is 0 Å². The van der Waals surface area contributed by atoms with Crippen molar-refractivity contribution >= 4 is 11.6 Å². The van der Waals surface area contributed by atoms with Crippen LogP contribution in [0.15, 0.2) is 24.3 Å². The number of anilines is 1. The molecule has 0 aromatic heterocycles. The van der Waals surface area contributed by atoms with E-state index in [4.69, 9.17) is 5.26 Å². The van der Waals surface area contributed by atoms with E-state index in [-0.39, 0.29) is 12.3 Å². The first-order chi connectivity index (χ1) is 7.61. The van der Waals surface area contributed by atoms with Crippen LogP contribution in [-0.2, 0) is 11.2 Å². The van der Waals surface area contributed by atoms with Gasteiger partial charge in [0, 0.05) is 5.69 Å². The Morgan fingerprint density at radius 1 is 1.50 bits per heavy atom.